The second kappa shape index (κ2) is 7.09. The first-order valence-corrected chi connectivity index (χ1v) is 9.99. The van der Waals surface area contributed by atoms with Gasteiger partial charge in [0, 0.05) is 60.8 Å². The Morgan fingerprint density at radius 3 is 2.70 bits per heavy atom. The maximum absolute atomic E-state index is 13.4. The third-order valence-corrected chi connectivity index (χ3v) is 6.01. The Hall–Kier alpha value is -2.94. The summed E-state index contributed by atoms with van der Waals surface area (Å²) in [6, 6.07) is 5.09. The van der Waals surface area contributed by atoms with Crippen molar-refractivity contribution in [3.05, 3.63) is 35.7 Å². The van der Waals surface area contributed by atoms with Crippen molar-refractivity contribution in [2.24, 2.45) is 5.92 Å². The molecule has 1 saturated carbocycles. The number of hydrogen-bond acceptors (Lipinski definition) is 5. The lowest BCUT2D eigenvalue weighted by Gasteiger charge is -2.35. The number of fused-ring (bicyclic) bond motifs is 2. The summed E-state index contributed by atoms with van der Waals surface area (Å²) in [4.78, 5) is 26.2. The summed E-state index contributed by atoms with van der Waals surface area (Å²) >= 11 is 0. The van der Waals surface area contributed by atoms with E-state index in [9.17, 15) is 23.5 Å². The van der Waals surface area contributed by atoms with E-state index < -0.39 is 24.3 Å². The number of ether oxygens (including phenoxy) is 1. The van der Waals surface area contributed by atoms with Gasteiger partial charge >= 0.3 is 12.6 Å². The number of alkyl halides is 2. The van der Waals surface area contributed by atoms with Crippen molar-refractivity contribution in [2.45, 2.75) is 38.6 Å². The van der Waals surface area contributed by atoms with Gasteiger partial charge in [0.25, 0.3) is 0 Å². The molecule has 3 heterocycles. The molecule has 2 aromatic rings. The summed E-state index contributed by atoms with van der Waals surface area (Å²) < 4.78 is 33.9. The quantitative estimate of drug-likeness (QED) is 0.728. The molecule has 1 aromatic carbocycles. The van der Waals surface area contributed by atoms with Crippen LogP contribution in [0.5, 0.6) is 5.75 Å². The van der Waals surface area contributed by atoms with Gasteiger partial charge in [-0.25, -0.2) is 0 Å². The van der Waals surface area contributed by atoms with E-state index in [-0.39, 0.29) is 23.9 Å². The van der Waals surface area contributed by atoms with Gasteiger partial charge in [-0.1, -0.05) is 0 Å². The number of nitrogens with one attached hydrogen (secondary N) is 1. The Labute approximate surface area is 171 Å². The molecule has 7 nitrogen and oxygen atoms in total. The number of hydrogen-bond donors (Lipinski definition) is 2. The molecular formula is C21H21F2N3O4. The van der Waals surface area contributed by atoms with Gasteiger partial charge in [0.05, 0.1) is 5.69 Å². The molecule has 1 atom stereocenters. The summed E-state index contributed by atoms with van der Waals surface area (Å²) in [7, 11) is 0. The van der Waals surface area contributed by atoms with Gasteiger partial charge in [-0.2, -0.15) is 8.78 Å². The van der Waals surface area contributed by atoms with Crippen molar-refractivity contribution < 1.29 is 28.2 Å². The van der Waals surface area contributed by atoms with Crippen LogP contribution in [0, 0.1) is 5.92 Å². The molecule has 1 aliphatic carbocycles. The number of benzene rings is 1. The smallest absolute Gasteiger partial charge is 0.387 e. The molecule has 0 saturated heterocycles. The number of carbonyl (C=O) groups excluding carboxylic acids is 1. The van der Waals surface area contributed by atoms with Crippen LogP contribution in [0.15, 0.2) is 24.4 Å². The Bertz CT molecular complexity index is 1010. The molecule has 0 bridgehead atoms. The maximum Gasteiger partial charge on any atom is 0.387 e. The standard InChI is InChI=1S/C21H21F2N3O4/c22-21(23)30-19-14(11-7-13-8-24-5-6-25(13)9-11)3-4-15-17(19)26(12-1-2-12)10-16(18(15)27)20(28)29/h3-4,7,9,12,16,21,24H,1-2,5-6,8,10H2,(H,28,29). The highest BCUT2D eigenvalue weighted by Crippen LogP contribution is 2.48. The second-order valence-corrected chi connectivity index (χ2v) is 7.95. The summed E-state index contributed by atoms with van der Waals surface area (Å²) in [6.45, 7) is -0.819. The SMILES string of the molecule is O=C(O)C1CN(C2CC2)c2c(ccc(-c3cc4n(c3)CCNC4)c2OC(F)F)C1=O. The summed E-state index contributed by atoms with van der Waals surface area (Å²) in [6.07, 6.45) is 3.55. The minimum atomic E-state index is -3.07. The van der Waals surface area contributed by atoms with Crippen molar-refractivity contribution in [1.82, 2.24) is 9.88 Å². The highest BCUT2D eigenvalue weighted by molar-refractivity contribution is 6.14. The number of nitrogens with zero attached hydrogens (tertiary/aromatic N) is 2. The van der Waals surface area contributed by atoms with Crippen LogP contribution < -0.4 is 15.0 Å². The number of carboxylic acids is 1. The zero-order valence-electron chi connectivity index (χ0n) is 16.1. The molecule has 0 amide bonds. The lowest BCUT2D eigenvalue weighted by molar-refractivity contribution is -0.139. The molecule has 1 unspecified atom stereocenters. The second-order valence-electron chi connectivity index (χ2n) is 7.95. The van der Waals surface area contributed by atoms with E-state index in [0.717, 1.165) is 37.2 Å². The Morgan fingerprint density at radius 1 is 1.27 bits per heavy atom. The van der Waals surface area contributed by atoms with Crippen LogP contribution >= 0.6 is 0 Å². The van der Waals surface area contributed by atoms with E-state index in [1.165, 1.54) is 0 Å². The zero-order chi connectivity index (χ0) is 21.0. The maximum atomic E-state index is 13.4. The minimum Gasteiger partial charge on any atom is -0.481 e. The number of Topliss-reactive ketones (excluding diaryl/α,β-unsaturated/α-hetero) is 1. The van der Waals surface area contributed by atoms with Crippen molar-refractivity contribution >= 4 is 17.4 Å². The first kappa shape index (κ1) is 19.0. The van der Waals surface area contributed by atoms with E-state index in [4.69, 9.17) is 4.74 Å². The molecule has 30 heavy (non-hydrogen) atoms. The van der Waals surface area contributed by atoms with Crippen LogP contribution in [0.1, 0.15) is 28.9 Å². The van der Waals surface area contributed by atoms with Gasteiger partial charge in [0.15, 0.2) is 11.5 Å². The largest absolute Gasteiger partial charge is 0.481 e. The van der Waals surface area contributed by atoms with E-state index in [0.29, 0.717) is 17.8 Å². The minimum absolute atomic E-state index is 0.0282. The molecule has 0 spiro atoms. The van der Waals surface area contributed by atoms with Crippen molar-refractivity contribution in [3.8, 4) is 16.9 Å². The number of halogens is 2. The fourth-order valence-electron chi connectivity index (χ4n) is 4.43. The highest BCUT2D eigenvalue weighted by Gasteiger charge is 2.44. The van der Waals surface area contributed by atoms with Gasteiger partial charge in [0.1, 0.15) is 5.92 Å². The molecule has 2 aliphatic heterocycles. The molecule has 2 N–H and O–H groups in total. The third-order valence-electron chi connectivity index (χ3n) is 6.01. The highest BCUT2D eigenvalue weighted by atomic mass is 19.3. The normalized spacial score (nSPS) is 20.8. The van der Waals surface area contributed by atoms with Crippen LogP contribution in [-0.4, -0.2) is 47.2 Å². The number of rotatable bonds is 5. The van der Waals surface area contributed by atoms with Gasteiger partial charge in [-0.3, -0.25) is 9.59 Å². The molecule has 1 fully saturated rings. The lowest BCUT2D eigenvalue weighted by atomic mass is 9.88. The Kier molecular flexibility index (Phi) is 4.50. The van der Waals surface area contributed by atoms with Gasteiger partial charge in [-0.05, 0) is 31.0 Å². The summed E-state index contributed by atoms with van der Waals surface area (Å²) in [5.74, 6) is -3.04. The van der Waals surface area contributed by atoms with Gasteiger partial charge < -0.3 is 24.6 Å². The van der Waals surface area contributed by atoms with E-state index >= 15 is 0 Å². The monoisotopic (exact) mass is 417 g/mol. The summed E-state index contributed by atoms with van der Waals surface area (Å²) in [5, 5.41) is 12.8. The van der Waals surface area contributed by atoms with E-state index in [1.807, 2.05) is 12.3 Å². The molecule has 0 radical (unpaired) electrons. The number of aromatic nitrogens is 1. The molecule has 5 rings (SSSR count). The van der Waals surface area contributed by atoms with Crippen LogP contribution in [0.3, 0.4) is 0 Å². The number of carbonyl (C=O) groups is 2. The van der Waals surface area contributed by atoms with E-state index in [1.54, 1.807) is 17.0 Å². The van der Waals surface area contributed by atoms with Crippen LogP contribution in [0.25, 0.3) is 11.1 Å². The van der Waals surface area contributed by atoms with Crippen LogP contribution in [0.2, 0.25) is 0 Å². The van der Waals surface area contributed by atoms with Gasteiger partial charge in [-0.15, -0.1) is 0 Å². The predicted octanol–water partition coefficient (Wildman–Crippen LogP) is 2.73. The number of carboxylic acid groups (broad SMARTS) is 1. The predicted molar refractivity (Wildman–Crippen MR) is 104 cm³/mol. The average molecular weight is 417 g/mol. The van der Waals surface area contributed by atoms with Gasteiger partial charge in [0.2, 0.25) is 0 Å². The first-order chi connectivity index (χ1) is 14.4. The first-order valence-electron chi connectivity index (χ1n) is 9.99. The third kappa shape index (κ3) is 3.13. The fraction of sp³-hybridized carbons (Fsp3) is 0.429. The molecular weight excluding hydrogens is 396 g/mol. The number of aliphatic carboxylic acids is 1. The Morgan fingerprint density at radius 2 is 2.03 bits per heavy atom. The van der Waals surface area contributed by atoms with Crippen LogP contribution in [-0.2, 0) is 17.9 Å². The van der Waals surface area contributed by atoms with Crippen molar-refractivity contribution in [2.75, 3.05) is 18.0 Å². The fourth-order valence-corrected chi connectivity index (χ4v) is 4.43. The summed E-state index contributed by atoms with van der Waals surface area (Å²) in [5.41, 5.74) is 2.67. The lowest BCUT2D eigenvalue weighted by Crippen LogP contribution is -2.44. The zero-order valence-corrected chi connectivity index (χ0v) is 16.1. The average Bonchev–Trinajstić information content (AvgIpc) is 3.46. The molecule has 158 valence electrons. The van der Waals surface area contributed by atoms with Crippen LogP contribution in [0.4, 0.5) is 14.5 Å². The van der Waals surface area contributed by atoms with E-state index in [2.05, 4.69) is 9.88 Å². The molecule has 1 aromatic heterocycles. The Balaban J connectivity index is 1.68. The van der Waals surface area contributed by atoms with Crippen molar-refractivity contribution in [1.29, 1.82) is 0 Å². The number of anilines is 1. The van der Waals surface area contributed by atoms with Crippen molar-refractivity contribution in [3.63, 3.8) is 0 Å². The topological polar surface area (TPSA) is 83.8 Å². The molecule has 9 heteroatoms. The molecule has 3 aliphatic rings. The number of ketones is 1.